The van der Waals surface area contributed by atoms with E-state index >= 15 is 0 Å². The molecule has 0 saturated carbocycles. The summed E-state index contributed by atoms with van der Waals surface area (Å²) in [6.07, 6.45) is 2.08. The van der Waals surface area contributed by atoms with Gasteiger partial charge in [-0.25, -0.2) is 4.79 Å². The summed E-state index contributed by atoms with van der Waals surface area (Å²) >= 11 is 0. The molecule has 0 aromatic heterocycles. The maximum Gasteiger partial charge on any atom is 0.330 e. The fourth-order valence-corrected chi connectivity index (χ4v) is 9.01. The van der Waals surface area contributed by atoms with Gasteiger partial charge in [-0.15, -0.1) is 0 Å². The first-order chi connectivity index (χ1) is 7.22. The Bertz CT molecular complexity index is 262. The molecule has 0 heterocycles. The highest BCUT2D eigenvalue weighted by Gasteiger charge is 2.49. The number of hydrogen-bond donors (Lipinski definition) is 0. The van der Waals surface area contributed by atoms with Crippen LogP contribution in [-0.4, -0.2) is 34.2 Å². The van der Waals surface area contributed by atoms with Gasteiger partial charge in [0.1, 0.15) is 7.59 Å². The fourth-order valence-electron chi connectivity index (χ4n) is 1.58. The van der Waals surface area contributed by atoms with Crippen LogP contribution < -0.4 is 0 Å². The highest BCUT2D eigenvalue weighted by atomic mass is 29.3. The molecule has 0 fully saturated rings. The van der Waals surface area contributed by atoms with Gasteiger partial charge in [-0.2, -0.15) is 0 Å². The van der Waals surface area contributed by atoms with Crippen LogP contribution in [0.3, 0.4) is 0 Å². The number of rotatable bonds is 6. The molecule has 16 heavy (non-hydrogen) atoms. The third-order valence-corrected chi connectivity index (χ3v) is 20.8. The Morgan fingerprint density at radius 1 is 1.38 bits per heavy atom. The van der Waals surface area contributed by atoms with Crippen molar-refractivity contribution in [2.45, 2.75) is 45.3 Å². The van der Waals surface area contributed by atoms with Gasteiger partial charge in [0.25, 0.3) is 0 Å². The van der Waals surface area contributed by atoms with Crippen LogP contribution in [0.5, 0.6) is 0 Å². The molecule has 0 aromatic rings. The van der Waals surface area contributed by atoms with Gasteiger partial charge in [0.2, 0.25) is 0 Å². The first-order valence-electron chi connectivity index (χ1n) is 5.61. The summed E-state index contributed by atoms with van der Waals surface area (Å²) in [5.41, 5.74) is 0.0135. The van der Waals surface area contributed by atoms with Gasteiger partial charge in [-0.1, -0.05) is 26.6 Å². The third-order valence-electron chi connectivity index (χ3n) is 3.66. The van der Waals surface area contributed by atoms with Gasteiger partial charge in [-0.3, -0.25) is 0 Å². The molecule has 1 atom stereocenters. The minimum absolute atomic E-state index is 0.0135. The molecule has 5 heteroatoms. The maximum absolute atomic E-state index is 11.3. The highest BCUT2D eigenvalue weighted by molar-refractivity contribution is 7.38. The van der Waals surface area contributed by atoms with Crippen LogP contribution in [0.1, 0.15) is 13.3 Å². The van der Waals surface area contributed by atoms with Gasteiger partial charge >= 0.3 is 5.97 Å². The van der Waals surface area contributed by atoms with Crippen LogP contribution in [0.4, 0.5) is 0 Å². The zero-order valence-corrected chi connectivity index (χ0v) is 13.3. The van der Waals surface area contributed by atoms with Crippen LogP contribution in [0.2, 0.25) is 26.2 Å². The Morgan fingerprint density at radius 2 is 1.88 bits per heavy atom. The molecule has 0 aromatic carbocycles. The Morgan fingerprint density at radius 3 is 2.19 bits per heavy atom. The molecular formula is C11H24O3Si2. The minimum Gasteiger partial charge on any atom is -0.463 e. The van der Waals surface area contributed by atoms with Gasteiger partial charge in [-0.05, 0) is 19.5 Å². The quantitative estimate of drug-likeness (QED) is 0.418. The largest absolute Gasteiger partial charge is 0.463 e. The minimum atomic E-state index is -1.74. The van der Waals surface area contributed by atoms with E-state index in [0.29, 0.717) is 0 Å². The van der Waals surface area contributed by atoms with E-state index in [1.807, 2.05) is 0 Å². The maximum atomic E-state index is 11.3. The Labute approximate surface area is 101 Å². The van der Waals surface area contributed by atoms with Crippen LogP contribution in [0.25, 0.3) is 0 Å². The van der Waals surface area contributed by atoms with E-state index in [4.69, 9.17) is 9.16 Å². The molecule has 0 N–H and O–H groups in total. The van der Waals surface area contributed by atoms with Crippen molar-refractivity contribution in [2.24, 2.45) is 0 Å². The second kappa shape index (κ2) is 5.79. The average Bonchev–Trinajstić information content (AvgIpc) is 2.24. The van der Waals surface area contributed by atoms with Gasteiger partial charge in [0.15, 0.2) is 7.83 Å². The lowest BCUT2D eigenvalue weighted by atomic mass is 10.5. The van der Waals surface area contributed by atoms with Gasteiger partial charge in [0, 0.05) is 13.2 Å². The van der Waals surface area contributed by atoms with Crippen LogP contribution >= 0.6 is 0 Å². The fraction of sp³-hybridized carbons (Fsp3) is 0.727. The molecule has 0 rings (SSSR count). The molecule has 0 spiro atoms. The lowest BCUT2D eigenvalue weighted by Crippen LogP contribution is -2.64. The van der Waals surface area contributed by atoms with Crippen molar-refractivity contribution in [2.75, 3.05) is 7.11 Å². The van der Waals surface area contributed by atoms with Crippen LogP contribution in [0.15, 0.2) is 12.7 Å². The number of ether oxygens (including phenoxy) is 1. The van der Waals surface area contributed by atoms with Crippen molar-refractivity contribution >= 4 is 21.4 Å². The predicted octanol–water partition coefficient (Wildman–Crippen LogP) is 2.67. The molecular weight excluding hydrogens is 236 g/mol. The van der Waals surface area contributed by atoms with E-state index in [-0.39, 0.29) is 11.7 Å². The van der Waals surface area contributed by atoms with Crippen molar-refractivity contribution in [1.29, 1.82) is 0 Å². The molecule has 0 amide bonds. The lowest BCUT2D eigenvalue weighted by Gasteiger charge is -2.41. The van der Waals surface area contributed by atoms with Crippen molar-refractivity contribution in [1.82, 2.24) is 0 Å². The smallest absolute Gasteiger partial charge is 0.330 e. The average molecular weight is 260 g/mol. The normalized spacial score (nSPS) is 14.4. The van der Waals surface area contributed by atoms with Gasteiger partial charge < -0.3 is 9.16 Å². The summed E-state index contributed by atoms with van der Waals surface area (Å²) in [6, 6.07) is 0. The summed E-state index contributed by atoms with van der Waals surface area (Å²) in [6.45, 7) is 14.4. The number of carbonyl (C=O) groups excluding carboxylic acids is 1. The zero-order valence-electron chi connectivity index (χ0n) is 11.3. The molecule has 94 valence electrons. The molecule has 0 aliphatic rings. The van der Waals surface area contributed by atoms with E-state index in [9.17, 15) is 4.79 Å². The molecule has 0 aliphatic heterocycles. The molecule has 3 nitrogen and oxygen atoms in total. The van der Waals surface area contributed by atoms with E-state index in [1.54, 1.807) is 7.11 Å². The Balaban J connectivity index is 4.93. The van der Waals surface area contributed by atoms with E-state index < -0.39 is 15.4 Å². The number of carbonyl (C=O) groups is 1. The molecule has 0 bridgehead atoms. The Kier molecular flexibility index (Phi) is 5.65. The number of hydrogen-bond acceptors (Lipinski definition) is 3. The summed E-state index contributed by atoms with van der Waals surface area (Å²) in [7, 11) is -1.69. The van der Waals surface area contributed by atoms with Gasteiger partial charge in [0.05, 0.1) is 5.73 Å². The van der Waals surface area contributed by atoms with Crippen molar-refractivity contribution in [3.8, 4) is 0 Å². The lowest BCUT2D eigenvalue weighted by molar-refractivity contribution is -0.139. The van der Waals surface area contributed by atoms with E-state index in [2.05, 4.69) is 39.7 Å². The predicted molar refractivity (Wildman–Crippen MR) is 72.3 cm³/mol. The SMILES string of the molecule is C=CC(=O)OC(CC)[Si](C)(C)[Si](C)(C)OC. The van der Waals surface area contributed by atoms with Crippen molar-refractivity contribution in [3.63, 3.8) is 0 Å². The Hall–Kier alpha value is -0.396. The molecule has 1 unspecified atom stereocenters. The van der Waals surface area contributed by atoms with Crippen molar-refractivity contribution < 1.29 is 14.0 Å². The molecule has 0 aliphatic carbocycles. The number of esters is 1. The molecule has 0 saturated heterocycles. The summed E-state index contributed by atoms with van der Waals surface area (Å²) < 4.78 is 11.1. The highest BCUT2D eigenvalue weighted by Crippen LogP contribution is 2.26. The second-order valence-corrected chi connectivity index (χ2v) is 20.0. The van der Waals surface area contributed by atoms with Crippen LogP contribution in [0, 0.1) is 0 Å². The summed E-state index contributed by atoms with van der Waals surface area (Å²) in [5.74, 6) is -0.326. The first kappa shape index (κ1) is 15.6. The topological polar surface area (TPSA) is 35.5 Å². The molecule has 0 radical (unpaired) electrons. The summed E-state index contributed by atoms with van der Waals surface area (Å²) in [5, 5.41) is 0. The monoisotopic (exact) mass is 260 g/mol. The zero-order chi connectivity index (χ0) is 13.0. The van der Waals surface area contributed by atoms with Crippen molar-refractivity contribution in [3.05, 3.63) is 12.7 Å². The first-order valence-corrected chi connectivity index (χ1v) is 12.6. The van der Waals surface area contributed by atoms with E-state index in [1.165, 1.54) is 6.08 Å². The van der Waals surface area contributed by atoms with Crippen LogP contribution in [-0.2, 0) is 14.0 Å². The second-order valence-electron chi connectivity index (χ2n) is 4.97. The standard InChI is InChI=1S/C11H24O3Si2/c1-8-10(12)14-11(9-2)15(4,5)16(6,7)13-3/h8,11H,1,9H2,2-7H3. The summed E-state index contributed by atoms with van der Waals surface area (Å²) in [4.78, 5) is 11.3. The van der Waals surface area contributed by atoms with E-state index in [0.717, 1.165) is 6.42 Å². The third kappa shape index (κ3) is 3.30.